The van der Waals surface area contributed by atoms with Crippen molar-refractivity contribution in [2.75, 3.05) is 11.9 Å². The molecule has 0 aromatic heterocycles. The van der Waals surface area contributed by atoms with E-state index in [1.807, 2.05) is 31.2 Å². The Labute approximate surface area is 124 Å². The van der Waals surface area contributed by atoms with Crippen LogP contribution in [-0.4, -0.2) is 18.1 Å². The highest BCUT2D eigenvalue weighted by atomic mass is 35.5. The Balaban J connectivity index is 1.86. The SMILES string of the molecule is CCOC(=O)C1(Nc2ccc(Cl)cc2)CC2CCC1C2. The number of ether oxygens (including phenoxy) is 1. The van der Waals surface area contributed by atoms with Crippen molar-refractivity contribution in [2.24, 2.45) is 11.8 Å². The number of carbonyl (C=O) groups excluding carboxylic acids is 1. The van der Waals surface area contributed by atoms with E-state index in [0.29, 0.717) is 23.5 Å². The van der Waals surface area contributed by atoms with E-state index in [4.69, 9.17) is 16.3 Å². The minimum absolute atomic E-state index is 0.0952. The van der Waals surface area contributed by atoms with Gasteiger partial charge >= 0.3 is 5.97 Å². The van der Waals surface area contributed by atoms with Gasteiger partial charge in [0.15, 0.2) is 0 Å². The van der Waals surface area contributed by atoms with Crippen molar-refractivity contribution in [3.8, 4) is 0 Å². The summed E-state index contributed by atoms with van der Waals surface area (Å²) < 4.78 is 5.35. The molecule has 3 atom stereocenters. The summed E-state index contributed by atoms with van der Waals surface area (Å²) in [5, 5.41) is 4.17. The largest absolute Gasteiger partial charge is 0.464 e. The Bertz CT molecular complexity index is 502. The number of rotatable bonds is 4. The standard InChI is InChI=1S/C16H20ClNO2/c1-2-20-15(19)16(10-11-3-4-12(16)9-11)18-14-7-5-13(17)6-8-14/h5-8,11-12,18H,2-4,9-10H2,1H3. The average Bonchev–Trinajstić information content (AvgIpc) is 3.03. The fourth-order valence-corrected chi connectivity index (χ4v) is 3.96. The van der Waals surface area contributed by atoms with Gasteiger partial charge in [-0.2, -0.15) is 0 Å². The van der Waals surface area contributed by atoms with Gasteiger partial charge in [-0.25, -0.2) is 4.79 Å². The third kappa shape index (κ3) is 2.28. The molecule has 1 aromatic rings. The van der Waals surface area contributed by atoms with Crippen LogP contribution in [0.5, 0.6) is 0 Å². The maximum atomic E-state index is 12.5. The minimum Gasteiger partial charge on any atom is -0.464 e. The van der Waals surface area contributed by atoms with Crippen LogP contribution in [0, 0.1) is 11.8 Å². The molecule has 2 aliphatic carbocycles. The molecule has 2 bridgehead atoms. The molecule has 2 fully saturated rings. The number of anilines is 1. The fraction of sp³-hybridized carbons (Fsp3) is 0.562. The fourth-order valence-electron chi connectivity index (χ4n) is 3.83. The zero-order valence-electron chi connectivity index (χ0n) is 11.7. The molecule has 0 amide bonds. The van der Waals surface area contributed by atoms with Crippen LogP contribution in [-0.2, 0) is 9.53 Å². The molecule has 0 radical (unpaired) electrons. The molecule has 1 N–H and O–H groups in total. The minimum atomic E-state index is -0.535. The first-order chi connectivity index (χ1) is 9.64. The lowest BCUT2D eigenvalue weighted by molar-refractivity contribution is -0.150. The number of carbonyl (C=O) groups is 1. The van der Waals surface area contributed by atoms with Crippen LogP contribution in [0.3, 0.4) is 0 Å². The maximum Gasteiger partial charge on any atom is 0.332 e. The lowest BCUT2D eigenvalue weighted by Crippen LogP contribution is -2.51. The van der Waals surface area contributed by atoms with E-state index < -0.39 is 5.54 Å². The Morgan fingerprint density at radius 2 is 2.15 bits per heavy atom. The topological polar surface area (TPSA) is 38.3 Å². The summed E-state index contributed by atoms with van der Waals surface area (Å²) in [5.41, 5.74) is 0.405. The number of nitrogens with one attached hydrogen (secondary N) is 1. The second kappa shape index (κ2) is 5.28. The van der Waals surface area contributed by atoms with Crippen LogP contribution in [0.4, 0.5) is 5.69 Å². The zero-order chi connectivity index (χ0) is 14.2. The summed E-state index contributed by atoms with van der Waals surface area (Å²) in [5.74, 6) is 0.952. The summed E-state index contributed by atoms with van der Waals surface area (Å²) in [7, 11) is 0. The lowest BCUT2D eigenvalue weighted by atomic mass is 9.80. The Hall–Kier alpha value is -1.22. The van der Waals surface area contributed by atoms with Crippen molar-refractivity contribution in [2.45, 2.75) is 38.1 Å². The van der Waals surface area contributed by atoms with Crippen LogP contribution in [0.2, 0.25) is 5.02 Å². The second-order valence-electron chi connectivity index (χ2n) is 5.90. The number of hydrogen-bond acceptors (Lipinski definition) is 3. The highest BCUT2D eigenvalue weighted by Gasteiger charge is 2.56. The van der Waals surface area contributed by atoms with E-state index in [0.717, 1.165) is 24.9 Å². The van der Waals surface area contributed by atoms with E-state index in [-0.39, 0.29) is 5.97 Å². The van der Waals surface area contributed by atoms with E-state index in [2.05, 4.69) is 5.32 Å². The van der Waals surface area contributed by atoms with Gasteiger partial charge in [0.05, 0.1) is 6.61 Å². The van der Waals surface area contributed by atoms with Crippen LogP contribution in [0.1, 0.15) is 32.6 Å². The van der Waals surface area contributed by atoms with Gasteiger partial charge in [-0.15, -0.1) is 0 Å². The highest BCUT2D eigenvalue weighted by Crippen LogP contribution is 2.52. The highest BCUT2D eigenvalue weighted by molar-refractivity contribution is 6.30. The lowest BCUT2D eigenvalue weighted by Gasteiger charge is -2.37. The molecule has 0 spiro atoms. The van der Waals surface area contributed by atoms with Crippen LogP contribution >= 0.6 is 11.6 Å². The predicted molar refractivity (Wildman–Crippen MR) is 79.9 cm³/mol. The molecule has 3 rings (SSSR count). The molecule has 3 nitrogen and oxygen atoms in total. The van der Waals surface area contributed by atoms with Gasteiger partial charge in [-0.1, -0.05) is 11.6 Å². The summed E-state index contributed by atoms with van der Waals surface area (Å²) in [6, 6.07) is 7.54. The molecule has 0 aliphatic heterocycles. The average molecular weight is 294 g/mol. The van der Waals surface area contributed by atoms with Gasteiger partial charge in [0.25, 0.3) is 0 Å². The summed E-state index contributed by atoms with van der Waals surface area (Å²) in [6.07, 6.45) is 4.39. The first-order valence-electron chi connectivity index (χ1n) is 7.35. The number of esters is 1. The van der Waals surface area contributed by atoms with Crippen LogP contribution in [0.25, 0.3) is 0 Å². The monoisotopic (exact) mass is 293 g/mol. The zero-order valence-corrected chi connectivity index (χ0v) is 12.5. The number of halogens is 1. The van der Waals surface area contributed by atoms with Gasteiger partial charge in [-0.05, 0) is 68.7 Å². The van der Waals surface area contributed by atoms with Crippen molar-refractivity contribution in [1.82, 2.24) is 0 Å². The number of hydrogen-bond donors (Lipinski definition) is 1. The Kier molecular flexibility index (Phi) is 3.63. The molecule has 3 unspecified atom stereocenters. The van der Waals surface area contributed by atoms with E-state index in [1.165, 1.54) is 6.42 Å². The van der Waals surface area contributed by atoms with Crippen molar-refractivity contribution in [3.05, 3.63) is 29.3 Å². The molecule has 2 aliphatic rings. The van der Waals surface area contributed by atoms with Crippen LogP contribution < -0.4 is 5.32 Å². The van der Waals surface area contributed by atoms with Gasteiger partial charge < -0.3 is 10.1 Å². The van der Waals surface area contributed by atoms with Gasteiger partial charge in [-0.3, -0.25) is 0 Å². The van der Waals surface area contributed by atoms with Crippen molar-refractivity contribution in [3.63, 3.8) is 0 Å². The van der Waals surface area contributed by atoms with Crippen LogP contribution in [0.15, 0.2) is 24.3 Å². The molecule has 1 aromatic carbocycles. The van der Waals surface area contributed by atoms with Crippen molar-refractivity contribution in [1.29, 1.82) is 0 Å². The van der Waals surface area contributed by atoms with Gasteiger partial charge in [0.1, 0.15) is 5.54 Å². The summed E-state index contributed by atoms with van der Waals surface area (Å²) in [4.78, 5) is 12.5. The third-order valence-corrected chi connectivity index (χ3v) is 4.95. The first kappa shape index (κ1) is 13.7. The van der Waals surface area contributed by atoms with Gasteiger partial charge in [0.2, 0.25) is 0 Å². The molecule has 108 valence electrons. The van der Waals surface area contributed by atoms with Crippen molar-refractivity contribution >= 4 is 23.3 Å². The normalized spacial score (nSPS) is 31.3. The summed E-state index contributed by atoms with van der Waals surface area (Å²) >= 11 is 5.92. The van der Waals surface area contributed by atoms with E-state index in [1.54, 1.807) is 0 Å². The summed E-state index contributed by atoms with van der Waals surface area (Å²) in [6.45, 7) is 2.29. The van der Waals surface area contributed by atoms with Crippen molar-refractivity contribution < 1.29 is 9.53 Å². The third-order valence-electron chi connectivity index (χ3n) is 4.70. The maximum absolute atomic E-state index is 12.5. The molecule has 4 heteroatoms. The number of fused-ring (bicyclic) bond motifs is 2. The molecule has 20 heavy (non-hydrogen) atoms. The molecule has 0 saturated heterocycles. The Morgan fingerprint density at radius 3 is 2.70 bits per heavy atom. The predicted octanol–water partition coefficient (Wildman–Crippen LogP) is 3.87. The molecule has 0 heterocycles. The second-order valence-corrected chi connectivity index (χ2v) is 6.34. The molecular weight excluding hydrogens is 274 g/mol. The number of benzene rings is 1. The molecular formula is C16H20ClNO2. The smallest absolute Gasteiger partial charge is 0.332 e. The van der Waals surface area contributed by atoms with E-state index >= 15 is 0 Å². The van der Waals surface area contributed by atoms with E-state index in [9.17, 15) is 4.79 Å². The quantitative estimate of drug-likeness (QED) is 0.856. The first-order valence-corrected chi connectivity index (χ1v) is 7.73. The van der Waals surface area contributed by atoms with Gasteiger partial charge in [0, 0.05) is 10.7 Å². The molecule has 2 saturated carbocycles. The Morgan fingerprint density at radius 1 is 1.40 bits per heavy atom.